The van der Waals surface area contributed by atoms with Gasteiger partial charge in [-0.05, 0) is 49.4 Å². The van der Waals surface area contributed by atoms with Crippen LogP contribution in [0.25, 0.3) is 0 Å². The number of nitrogens with zero attached hydrogens (tertiary/aromatic N) is 3. The molecule has 27 heavy (non-hydrogen) atoms. The van der Waals surface area contributed by atoms with Crippen LogP contribution in [-0.4, -0.2) is 56.7 Å². The molecule has 0 bridgehead atoms. The van der Waals surface area contributed by atoms with E-state index in [9.17, 15) is 4.79 Å². The molecule has 2 saturated heterocycles. The predicted octanol–water partition coefficient (Wildman–Crippen LogP) is 3.94. The number of hydrogen-bond acceptors (Lipinski definition) is 3. The Kier molecular flexibility index (Phi) is 7.25. The average Bonchev–Trinajstić information content (AvgIpc) is 2.72. The Labute approximate surface area is 164 Å². The van der Waals surface area contributed by atoms with Crippen molar-refractivity contribution in [3.05, 3.63) is 24.3 Å². The Morgan fingerprint density at radius 2 is 1.48 bits per heavy atom. The van der Waals surface area contributed by atoms with Crippen molar-refractivity contribution >= 4 is 17.4 Å². The van der Waals surface area contributed by atoms with Gasteiger partial charge in [-0.25, -0.2) is 4.79 Å². The van der Waals surface area contributed by atoms with E-state index in [0.717, 1.165) is 45.1 Å². The van der Waals surface area contributed by atoms with Crippen molar-refractivity contribution in [3.8, 4) is 0 Å². The Balaban J connectivity index is 1.44. The molecule has 0 spiro atoms. The first-order valence-electron chi connectivity index (χ1n) is 10.8. The third kappa shape index (κ3) is 5.53. The molecule has 2 amide bonds. The highest BCUT2D eigenvalue weighted by Crippen LogP contribution is 2.26. The van der Waals surface area contributed by atoms with Gasteiger partial charge in [0.25, 0.3) is 0 Å². The van der Waals surface area contributed by atoms with Gasteiger partial charge in [0.15, 0.2) is 0 Å². The summed E-state index contributed by atoms with van der Waals surface area (Å²) in [6.45, 7) is 11.1. The Morgan fingerprint density at radius 1 is 0.926 bits per heavy atom. The Morgan fingerprint density at radius 3 is 2.04 bits per heavy atom. The highest BCUT2D eigenvalue weighted by atomic mass is 16.2. The zero-order valence-electron chi connectivity index (χ0n) is 17.1. The highest BCUT2D eigenvalue weighted by molar-refractivity contribution is 5.74. The average molecular weight is 373 g/mol. The lowest BCUT2D eigenvalue weighted by molar-refractivity contribution is 0.194. The normalized spacial score (nSPS) is 18.7. The number of piperazine rings is 1. The van der Waals surface area contributed by atoms with Crippen molar-refractivity contribution in [2.24, 2.45) is 5.92 Å². The molecule has 0 saturated carbocycles. The SMILES string of the molecule is CCCCCNC(=O)N1CCN(c2ccc(N3CCC(C)CC3)cc2)CC1. The summed E-state index contributed by atoms with van der Waals surface area (Å²) >= 11 is 0. The van der Waals surface area contributed by atoms with Crippen LogP contribution in [0.4, 0.5) is 16.2 Å². The molecule has 2 aliphatic heterocycles. The minimum Gasteiger partial charge on any atom is -0.372 e. The number of urea groups is 1. The van der Waals surface area contributed by atoms with Crippen LogP contribution in [0, 0.1) is 5.92 Å². The van der Waals surface area contributed by atoms with Gasteiger partial charge in [0.05, 0.1) is 0 Å². The third-order valence-corrected chi connectivity index (χ3v) is 5.99. The topological polar surface area (TPSA) is 38.8 Å². The van der Waals surface area contributed by atoms with E-state index in [-0.39, 0.29) is 6.03 Å². The number of hydrogen-bond donors (Lipinski definition) is 1. The fourth-order valence-corrected chi connectivity index (χ4v) is 3.99. The molecule has 150 valence electrons. The van der Waals surface area contributed by atoms with Gasteiger partial charge in [-0.15, -0.1) is 0 Å². The molecule has 0 radical (unpaired) electrons. The lowest BCUT2D eigenvalue weighted by atomic mass is 9.99. The second-order valence-corrected chi connectivity index (χ2v) is 8.10. The number of carbonyl (C=O) groups is 1. The number of amides is 2. The summed E-state index contributed by atoms with van der Waals surface area (Å²) in [5.74, 6) is 0.862. The summed E-state index contributed by atoms with van der Waals surface area (Å²) in [5, 5.41) is 3.05. The summed E-state index contributed by atoms with van der Waals surface area (Å²) in [5.41, 5.74) is 2.61. The van der Waals surface area contributed by atoms with Crippen LogP contribution in [0.3, 0.4) is 0 Å². The third-order valence-electron chi connectivity index (χ3n) is 5.99. The zero-order valence-corrected chi connectivity index (χ0v) is 17.1. The predicted molar refractivity (Wildman–Crippen MR) is 114 cm³/mol. The fraction of sp³-hybridized carbons (Fsp3) is 0.682. The van der Waals surface area contributed by atoms with Gasteiger partial charge in [0.2, 0.25) is 0 Å². The number of benzene rings is 1. The van der Waals surface area contributed by atoms with Crippen molar-refractivity contribution in [3.63, 3.8) is 0 Å². The van der Waals surface area contributed by atoms with E-state index in [4.69, 9.17) is 0 Å². The monoisotopic (exact) mass is 372 g/mol. The van der Waals surface area contributed by atoms with E-state index in [1.54, 1.807) is 0 Å². The molecule has 1 aromatic rings. The van der Waals surface area contributed by atoms with Crippen molar-refractivity contribution < 1.29 is 4.79 Å². The molecule has 0 unspecified atom stereocenters. The van der Waals surface area contributed by atoms with Gasteiger partial charge >= 0.3 is 6.03 Å². The molecular formula is C22H36N4O. The maximum Gasteiger partial charge on any atom is 0.317 e. The maximum absolute atomic E-state index is 12.2. The van der Waals surface area contributed by atoms with Crippen LogP contribution in [-0.2, 0) is 0 Å². The minimum absolute atomic E-state index is 0.0976. The van der Waals surface area contributed by atoms with Gasteiger partial charge in [-0.1, -0.05) is 26.7 Å². The molecule has 1 aromatic carbocycles. The number of piperidine rings is 1. The van der Waals surface area contributed by atoms with E-state index in [1.165, 1.54) is 50.1 Å². The van der Waals surface area contributed by atoms with Gasteiger partial charge in [0.1, 0.15) is 0 Å². The molecule has 3 rings (SSSR count). The van der Waals surface area contributed by atoms with E-state index in [1.807, 2.05) is 4.90 Å². The first-order valence-corrected chi connectivity index (χ1v) is 10.8. The van der Waals surface area contributed by atoms with E-state index in [2.05, 4.69) is 53.2 Å². The number of nitrogens with one attached hydrogen (secondary N) is 1. The van der Waals surface area contributed by atoms with Crippen molar-refractivity contribution in [1.82, 2.24) is 10.2 Å². The van der Waals surface area contributed by atoms with Crippen LogP contribution in [0.15, 0.2) is 24.3 Å². The van der Waals surface area contributed by atoms with Crippen LogP contribution >= 0.6 is 0 Å². The second kappa shape index (κ2) is 9.86. The molecule has 2 fully saturated rings. The summed E-state index contributed by atoms with van der Waals surface area (Å²) < 4.78 is 0. The summed E-state index contributed by atoms with van der Waals surface area (Å²) in [7, 11) is 0. The molecule has 0 atom stereocenters. The van der Waals surface area contributed by atoms with E-state index >= 15 is 0 Å². The fourth-order valence-electron chi connectivity index (χ4n) is 3.99. The quantitative estimate of drug-likeness (QED) is 0.769. The first kappa shape index (κ1) is 19.8. The first-order chi connectivity index (χ1) is 13.2. The minimum atomic E-state index is 0.0976. The maximum atomic E-state index is 12.2. The summed E-state index contributed by atoms with van der Waals surface area (Å²) in [6, 6.07) is 9.11. The van der Waals surface area contributed by atoms with Gasteiger partial charge in [0, 0.05) is 57.2 Å². The van der Waals surface area contributed by atoms with Gasteiger partial charge < -0.3 is 20.0 Å². The molecule has 2 aliphatic rings. The molecule has 5 heteroatoms. The molecule has 5 nitrogen and oxygen atoms in total. The second-order valence-electron chi connectivity index (χ2n) is 8.10. The zero-order chi connectivity index (χ0) is 19.1. The summed E-state index contributed by atoms with van der Waals surface area (Å²) in [4.78, 5) is 19.1. The Hall–Kier alpha value is -1.91. The molecule has 0 aliphatic carbocycles. The number of anilines is 2. The Bertz CT molecular complexity index is 572. The van der Waals surface area contributed by atoms with Gasteiger partial charge in [-0.3, -0.25) is 0 Å². The molecule has 2 heterocycles. The molecule has 1 N–H and O–H groups in total. The molecule has 0 aromatic heterocycles. The highest BCUT2D eigenvalue weighted by Gasteiger charge is 2.21. The smallest absolute Gasteiger partial charge is 0.317 e. The van der Waals surface area contributed by atoms with E-state index in [0.29, 0.717) is 0 Å². The van der Waals surface area contributed by atoms with Crippen LogP contribution in [0.5, 0.6) is 0 Å². The van der Waals surface area contributed by atoms with Crippen molar-refractivity contribution in [2.45, 2.75) is 46.0 Å². The molecular weight excluding hydrogens is 336 g/mol. The lowest BCUT2D eigenvalue weighted by Gasteiger charge is -2.36. The van der Waals surface area contributed by atoms with Gasteiger partial charge in [-0.2, -0.15) is 0 Å². The number of rotatable bonds is 6. The standard InChI is InChI=1S/C22H36N4O/c1-3-4-5-12-23-22(27)26-17-15-25(16-18-26)21-8-6-20(7-9-21)24-13-10-19(2)11-14-24/h6-9,19H,3-5,10-18H2,1-2H3,(H,23,27). The largest absolute Gasteiger partial charge is 0.372 e. The van der Waals surface area contributed by atoms with Crippen molar-refractivity contribution in [1.29, 1.82) is 0 Å². The lowest BCUT2D eigenvalue weighted by Crippen LogP contribution is -2.52. The van der Waals surface area contributed by atoms with E-state index < -0.39 is 0 Å². The summed E-state index contributed by atoms with van der Waals surface area (Å²) in [6.07, 6.45) is 6.03. The number of carbonyl (C=O) groups excluding carboxylic acids is 1. The van der Waals surface area contributed by atoms with Crippen LogP contribution in [0.2, 0.25) is 0 Å². The van der Waals surface area contributed by atoms with Crippen LogP contribution in [0.1, 0.15) is 46.0 Å². The van der Waals surface area contributed by atoms with Crippen molar-refractivity contribution in [2.75, 3.05) is 55.6 Å². The van der Waals surface area contributed by atoms with Crippen LogP contribution < -0.4 is 15.1 Å². The number of unbranched alkanes of at least 4 members (excludes halogenated alkanes) is 2.